The predicted octanol–water partition coefficient (Wildman–Crippen LogP) is 3.72. The third-order valence-electron chi connectivity index (χ3n) is 4.78. The Morgan fingerprint density at radius 1 is 1.26 bits per heavy atom. The molecular weight excluding hydrogens is 290 g/mol. The molecule has 1 amide bonds. The van der Waals surface area contributed by atoms with Crippen LogP contribution in [-0.2, 0) is 11.2 Å². The number of rotatable bonds is 8. The number of carbonyl (C=O) groups is 1. The van der Waals surface area contributed by atoms with Gasteiger partial charge in [-0.2, -0.15) is 0 Å². The maximum Gasteiger partial charge on any atom is 0.224 e. The van der Waals surface area contributed by atoms with Gasteiger partial charge in [0.15, 0.2) is 0 Å². The van der Waals surface area contributed by atoms with Crippen molar-refractivity contribution in [2.24, 2.45) is 5.92 Å². The largest absolute Gasteiger partial charge is 0.497 e. The zero-order chi connectivity index (χ0) is 16.7. The van der Waals surface area contributed by atoms with E-state index in [0.29, 0.717) is 24.1 Å². The van der Waals surface area contributed by atoms with E-state index in [2.05, 4.69) is 12.2 Å². The molecule has 0 aliphatic heterocycles. The van der Waals surface area contributed by atoms with E-state index >= 15 is 0 Å². The van der Waals surface area contributed by atoms with Crippen LogP contribution >= 0.6 is 0 Å². The van der Waals surface area contributed by atoms with Gasteiger partial charge in [-0.1, -0.05) is 32.3 Å². The maximum atomic E-state index is 12.4. The number of carbonyl (C=O) groups excluding carboxylic acids is 1. The SMILES string of the molecule is CCCCC1CCCC1NC(=O)Cc1ccc(OC)cc1OC. The van der Waals surface area contributed by atoms with E-state index < -0.39 is 0 Å². The fourth-order valence-corrected chi connectivity index (χ4v) is 3.47. The van der Waals surface area contributed by atoms with Crippen molar-refractivity contribution in [1.82, 2.24) is 5.32 Å². The van der Waals surface area contributed by atoms with Crippen LogP contribution in [0.25, 0.3) is 0 Å². The van der Waals surface area contributed by atoms with Gasteiger partial charge in [0.1, 0.15) is 11.5 Å². The summed E-state index contributed by atoms with van der Waals surface area (Å²) in [5.41, 5.74) is 0.897. The first-order chi connectivity index (χ1) is 11.2. The van der Waals surface area contributed by atoms with Crippen LogP contribution in [0.5, 0.6) is 11.5 Å². The average molecular weight is 319 g/mol. The van der Waals surface area contributed by atoms with E-state index in [1.807, 2.05) is 18.2 Å². The highest BCUT2D eigenvalue weighted by Crippen LogP contribution is 2.30. The Balaban J connectivity index is 1.94. The van der Waals surface area contributed by atoms with Crippen LogP contribution in [-0.4, -0.2) is 26.2 Å². The molecular formula is C19H29NO3. The molecule has 2 rings (SSSR count). The van der Waals surface area contributed by atoms with Crippen molar-refractivity contribution in [1.29, 1.82) is 0 Å². The molecule has 2 atom stereocenters. The van der Waals surface area contributed by atoms with Gasteiger partial charge < -0.3 is 14.8 Å². The number of methoxy groups -OCH3 is 2. The van der Waals surface area contributed by atoms with Gasteiger partial charge >= 0.3 is 0 Å². The average Bonchev–Trinajstić information content (AvgIpc) is 3.00. The zero-order valence-corrected chi connectivity index (χ0v) is 14.6. The molecule has 23 heavy (non-hydrogen) atoms. The number of unbranched alkanes of at least 4 members (excludes halogenated alkanes) is 1. The monoisotopic (exact) mass is 319 g/mol. The summed E-state index contributed by atoms with van der Waals surface area (Å²) in [6.45, 7) is 2.22. The molecule has 2 unspecified atom stereocenters. The highest BCUT2D eigenvalue weighted by Gasteiger charge is 2.28. The Morgan fingerprint density at radius 3 is 2.78 bits per heavy atom. The quantitative estimate of drug-likeness (QED) is 0.794. The normalized spacial score (nSPS) is 20.3. The van der Waals surface area contributed by atoms with Crippen LogP contribution in [0.2, 0.25) is 0 Å². The number of hydrogen-bond acceptors (Lipinski definition) is 3. The molecule has 1 aromatic rings. The molecule has 0 heterocycles. The van der Waals surface area contributed by atoms with Crippen molar-refractivity contribution in [2.75, 3.05) is 14.2 Å². The first-order valence-electron chi connectivity index (χ1n) is 8.68. The summed E-state index contributed by atoms with van der Waals surface area (Å²) >= 11 is 0. The minimum Gasteiger partial charge on any atom is -0.497 e. The number of amides is 1. The van der Waals surface area contributed by atoms with Crippen molar-refractivity contribution in [3.05, 3.63) is 23.8 Å². The number of nitrogens with one attached hydrogen (secondary N) is 1. The van der Waals surface area contributed by atoms with E-state index in [4.69, 9.17) is 9.47 Å². The number of ether oxygens (including phenoxy) is 2. The summed E-state index contributed by atoms with van der Waals surface area (Å²) < 4.78 is 10.6. The molecule has 128 valence electrons. The molecule has 1 fully saturated rings. The van der Waals surface area contributed by atoms with Crippen LogP contribution in [0.3, 0.4) is 0 Å². The number of benzene rings is 1. The molecule has 0 spiro atoms. The Labute approximate surface area is 139 Å². The molecule has 0 aromatic heterocycles. The first-order valence-corrected chi connectivity index (χ1v) is 8.68. The van der Waals surface area contributed by atoms with Crippen molar-refractivity contribution >= 4 is 5.91 Å². The summed E-state index contributed by atoms with van der Waals surface area (Å²) in [6.07, 6.45) is 7.64. The lowest BCUT2D eigenvalue weighted by molar-refractivity contribution is -0.121. The summed E-state index contributed by atoms with van der Waals surface area (Å²) in [5, 5.41) is 3.24. The van der Waals surface area contributed by atoms with Crippen LogP contribution in [0, 0.1) is 5.92 Å². The molecule has 1 N–H and O–H groups in total. The lowest BCUT2D eigenvalue weighted by atomic mass is 9.96. The van der Waals surface area contributed by atoms with Gasteiger partial charge in [-0.25, -0.2) is 0 Å². The van der Waals surface area contributed by atoms with Crippen LogP contribution < -0.4 is 14.8 Å². The lowest BCUT2D eigenvalue weighted by Gasteiger charge is -2.21. The molecule has 1 saturated carbocycles. The van der Waals surface area contributed by atoms with Crippen LogP contribution in [0.15, 0.2) is 18.2 Å². The Bertz CT molecular complexity index is 515. The summed E-state index contributed by atoms with van der Waals surface area (Å²) in [4.78, 5) is 12.4. The van der Waals surface area contributed by atoms with Gasteiger partial charge in [0.05, 0.1) is 20.6 Å². The molecule has 4 heteroatoms. The standard InChI is InChI=1S/C19H29NO3/c1-4-5-7-14-8-6-9-17(14)20-19(21)12-15-10-11-16(22-2)13-18(15)23-3/h10-11,13-14,17H,4-9,12H2,1-3H3,(H,20,21). The van der Waals surface area contributed by atoms with Crippen molar-refractivity contribution in [2.45, 2.75) is 57.9 Å². The minimum atomic E-state index is 0.0851. The molecule has 1 aromatic carbocycles. The summed E-state index contributed by atoms with van der Waals surface area (Å²) in [6, 6.07) is 5.94. The van der Waals surface area contributed by atoms with Gasteiger partial charge in [0, 0.05) is 17.7 Å². The minimum absolute atomic E-state index is 0.0851. The van der Waals surface area contributed by atoms with Crippen molar-refractivity contribution in [3.8, 4) is 11.5 Å². The Morgan fingerprint density at radius 2 is 2.09 bits per heavy atom. The third-order valence-corrected chi connectivity index (χ3v) is 4.78. The van der Waals surface area contributed by atoms with E-state index in [1.165, 1.54) is 32.1 Å². The molecule has 1 aliphatic rings. The van der Waals surface area contributed by atoms with E-state index in [1.54, 1.807) is 14.2 Å². The van der Waals surface area contributed by atoms with Gasteiger partial charge in [-0.05, 0) is 31.2 Å². The second kappa shape index (κ2) is 8.80. The topological polar surface area (TPSA) is 47.6 Å². The molecule has 1 aliphatic carbocycles. The van der Waals surface area contributed by atoms with E-state index in [0.717, 1.165) is 17.7 Å². The van der Waals surface area contributed by atoms with E-state index in [9.17, 15) is 4.79 Å². The highest BCUT2D eigenvalue weighted by atomic mass is 16.5. The zero-order valence-electron chi connectivity index (χ0n) is 14.6. The third kappa shape index (κ3) is 4.88. The fourth-order valence-electron chi connectivity index (χ4n) is 3.47. The molecule has 4 nitrogen and oxygen atoms in total. The highest BCUT2D eigenvalue weighted by molar-refractivity contribution is 5.79. The molecule has 0 bridgehead atoms. The second-order valence-corrected chi connectivity index (χ2v) is 6.36. The second-order valence-electron chi connectivity index (χ2n) is 6.36. The van der Waals surface area contributed by atoms with Crippen molar-refractivity contribution in [3.63, 3.8) is 0 Å². The summed E-state index contributed by atoms with van der Waals surface area (Å²) in [5.74, 6) is 2.17. The molecule has 0 saturated heterocycles. The van der Waals surface area contributed by atoms with Crippen molar-refractivity contribution < 1.29 is 14.3 Å². The van der Waals surface area contributed by atoms with E-state index in [-0.39, 0.29) is 5.91 Å². The van der Waals surface area contributed by atoms with Gasteiger partial charge in [0.2, 0.25) is 5.91 Å². The lowest BCUT2D eigenvalue weighted by Crippen LogP contribution is -2.38. The fraction of sp³-hybridized carbons (Fsp3) is 0.632. The van der Waals surface area contributed by atoms with Gasteiger partial charge in [0.25, 0.3) is 0 Å². The van der Waals surface area contributed by atoms with Crippen LogP contribution in [0.1, 0.15) is 51.0 Å². The predicted molar refractivity (Wildman–Crippen MR) is 92.0 cm³/mol. The number of hydrogen-bond donors (Lipinski definition) is 1. The van der Waals surface area contributed by atoms with Gasteiger partial charge in [-0.3, -0.25) is 4.79 Å². The van der Waals surface area contributed by atoms with Gasteiger partial charge in [-0.15, -0.1) is 0 Å². The summed E-state index contributed by atoms with van der Waals surface area (Å²) in [7, 11) is 3.24. The smallest absolute Gasteiger partial charge is 0.224 e. The maximum absolute atomic E-state index is 12.4. The Hall–Kier alpha value is -1.71. The molecule has 0 radical (unpaired) electrons. The first kappa shape index (κ1) is 17.6. The van der Waals surface area contributed by atoms with Crippen LogP contribution in [0.4, 0.5) is 0 Å². The Kier molecular flexibility index (Phi) is 6.75.